The Morgan fingerprint density at radius 1 is 0.911 bits per heavy atom. The van der Waals surface area contributed by atoms with Gasteiger partial charge in [-0.15, -0.1) is 0 Å². The minimum absolute atomic E-state index is 0.149. The maximum atomic E-state index is 14.3. The first kappa shape index (κ1) is 35.3. The number of phenols is 1. The Labute approximate surface area is 262 Å². The Balaban J connectivity index is 1.28. The molecule has 1 fully saturated rings. The monoisotopic (exact) mass is 659 g/mol. The summed E-state index contributed by atoms with van der Waals surface area (Å²) in [6.45, 7) is 0.109. The predicted molar refractivity (Wildman–Crippen MR) is 165 cm³/mol. The van der Waals surface area contributed by atoms with Crippen molar-refractivity contribution in [1.29, 1.82) is 0 Å². The van der Waals surface area contributed by atoms with E-state index in [9.17, 15) is 39.9 Å². The molecule has 2 aliphatic rings. The highest BCUT2D eigenvalue weighted by molar-refractivity contribution is 7.91. The summed E-state index contributed by atoms with van der Waals surface area (Å²) in [5.41, 5.74) is 5.57. The van der Waals surface area contributed by atoms with Gasteiger partial charge in [0.15, 0.2) is 0 Å². The van der Waals surface area contributed by atoms with Gasteiger partial charge in [-0.2, -0.15) is 13.2 Å². The van der Waals surface area contributed by atoms with E-state index in [1.54, 1.807) is 11.0 Å². The third kappa shape index (κ3) is 11.0. The zero-order chi connectivity index (χ0) is 32.7. The minimum atomic E-state index is -4.40. The molecule has 11 heteroatoms. The molecule has 1 atom stereocenters. The van der Waals surface area contributed by atoms with Gasteiger partial charge < -0.3 is 5.11 Å². The molecule has 1 unspecified atom stereocenters. The zero-order valence-electron chi connectivity index (χ0n) is 25.5. The van der Waals surface area contributed by atoms with Crippen LogP contribution in [0.25, 0.3) is 11.1 Å². The normalized spacial score (nSPS) is 19.1. The summed E-state index contributed by atoms with van der Waals surface area (Å²) in [6, 6.07) is 11.6. The lowest BCUT2D eigenvalue weighted by molar-refractivity contribution is -0.134. The zero-order valence-corrected chi connectivity index (χ0v) is 26.3. The molecule has 0 saturated carbocycles. The quantitative estimate of drug-likeness (QED) is 0.153. The number of aryl methyl sites for hydroxylation is 1. The lowest BCUT2D eigenvalue weighted by Gasteiger charge is -2.23. The fraction of sp³-hybridized carbons (Fsp3) is 0.588. The van der Waals surface area contributed by atoms with Gasteiger partial charge in [-0.25, -0.2) is 21.6 Å². The molecule has 1 heterocycles. The lowest BCUT2D eigenvalue weighted by Crippen LogP contribution is -2.32. The van der Waals surface area contributed by atoms with E-state index in [0.29, 0.717) is 6.54 Å². The van der Waals surface area contributed by atoms with Crippen LogP contribution >= 0.6 is 0 Å². The molecule has 1 aliphatic heterocycles. The Morgan fingerprint density at radius 3 is 2.36 bits per heavy atom. The Bertz CT molecular complexity index is 1410. The standard InChI is InChI=1S/C34H43F6NO3S/c35-27-14-12-25(13-15-27)30-11-5-8-26-22-29(42)16-17-31(26)32(30)10-3-1-2-4-19-41-24-33(36,37)23-28(41)9-6-20-45(43,44)21-7-18-34(38,39)40/h12-17,22,28,42H,1-11,18-21,23-24H2. The third-order valence-electron chi connectivity index (χ3n) is 8.86. The molecule has 0 aromatic heterocycles. The number of fused-ring (bicyclic) bond motifs is 1. The Hall–Kier alpha value is -2.53. The smallest absolute Gasteiger partial charge is 0.389 e. The largest absolute Gasteiger partial charge is 0.508 e. The van der Waals surface area contributed by atoms with Gasteiger partial charge in [-0.1, -0.05) is 31.0 Å². The van der Waals surface area contributed by atoms with E-state index in [4.69, 9.17) is 0 Å². The van der Waals surface area contributed by atoms with Crippen LogP contribution in [0.2, 0.25) is 0 Å². The molecule has 1 saturated heterocycles. The molecule has 1 aliphatic carbocycles. The van der Waals surface area contributed by atoms with Crippen molar-refractivity contribution < 1.29 is 39.9 Å². The van der Waals surface area contributed by atoms with E-state index >= 15 is 0 Å². The second kappa shape index (κ2) is 15.4. The van der Waals surface area contributed by atoms with Crippen molar-refractivity contribution in [3.05, 3.63) is 65.0 Å². The van der Waals surface area contributed by atoms with Crippen LogP contribution in [0, 0.1) is 5.82 Å². The van der Waals surface area contributed by atoms with E-state index in [0.717, 1.165) is 68.1 Å². The highest BCUT2D eigenvalue weighted by Gasteiger charge is 2.44. The van der Waals surface area contributed by atoms with Crippen LogP contribution < -0.4 is 0 Å². The molecular weight excluding hydrogens is 616 g/mol. The number of aromatic hydroxyl groups is 1. The van der Waals surface area contributed by atoms with E-state index in [-0.39, 0.29) is 43.1 Å². The van der Waals surface area contributed by atoms with Gasteiger partial charge in [0, 0.05) is 18.9 Å². The summed E-state index contributed by atoms with van der Waals surface area (Å²) < 4.78 is 104. The number of nitrogens with zero attached hydrogens (tertiary/aromatic N) is 1. The first-order chi connectivity index (χ1) is 21.2. The van der Waals surface area contributed by atoms with Crippen LogP contribution in [0.3, 0.4) is 0 Å². The Morgan fingerprint density at radius 2 is 1.62 bits per heavy atom. The van der Waals surface area contributed by atoms with E-state index < -0.39 is 46.6 Å². The summed E-state index contributed by atoms with van der Waals surface area (Å²) >= 11 is 0. The second-order valence-corrected chi connectivity index (χ2v) is 14.8. The van der Waals surface area contributed by atoms with Crippen molar-refractivity contribution >= 4 is 21.0 Å². The first-order valence-corrected chi connectivity index (χ1v) is 17.7. The number of unbranched alkanes of at least 4 members (excludes halogenated alkanes) is 3. The first-order valence-electron chi connectivity index (χ1n) is 15.9. The molecule has 250 valence electrons. The molecule has 2 aromatic rings. The number of halogens is 6. The number of sulfone groups is 1. The summed E-state index contributed by atoms with van der Waals surface area (Å²) in [4.78, 5) is 1.74. The van der Waals surface area contributed by atoms with Gasteiger partial charge in [0.1, 0.15) is 21.4 Å². The number of allylic oxidation sites excluding steroid dienone is 2. The molecule has 4 rings (SSSR count). The number of likely N-dealkylation sites (tertiary alicyclic amines) is 1. The fourth-order valence-electron chi connectivity index (χ4n) is 6.72. The molecular formula is C34H43F6NO3S. The maximum Gasteiger partial charge on any atom is 0.389 e. The maximum absolute atomic E-state index is 14.3. The fourth-order valence-corrected chi connectivity index (χ4v) is 8.11. The summed E-state index contributed by atoms with van der Waals surface area (Å²) in [5, 5.41) is 10.1. The van der Waals surface area contributed by atoms with Crippen molar-refractivity contribution in [3.8, 4) is 5.75 Å². The van der Waals surface area contributed by atoms with Crippen LogP contribution in [0.4, 0.5) is 26.3 Å². The van der Waals surface area contributed by atoms with Gasteiger partial charge in [0.05, 0.1) is 18.1 Å². The van der Waals surface area contributed by atoms with Gasteiger partial charge in [-0.3, -0.25) is 4.90 Å². The van der Waals surface area contributed by atoms with Gasteiger partial charge >= 0.3 is 6.18 Å². The number of phenolic OH excluding ortho intramolecular Hbond substituents is 1. The van der Waals surface area contributed by atoms with Crippen molar-refractivity contribution in [2.75, 3.05) is 24.6 Å². The van der Waals surface area contributed by atoms with Gasteiger partial charge in [0.2, 0.25) is 0 Å². The number of benzene rings is 2. The third-order valence-corrected chi connectivity index (χ3v) is 10.7. The molecule has 1 N–H and O–H groups in total. The molecule has 0 bridgehead atoms. The number of rotatable bonds is 15. The average molecular weight is 660 g/mol. The molecule has 0 radical (unpaired) electrons. The summed E-state index contributed by atoms with van der Waals surface area (Å²) in [5.74, 6) is -3.75. The average Bonchev–Trinajstić information content (AvgIpc) is 3.12. The SMILES string of the molecule is O=S(=O)(CCCC1CC(F)(F)CN1CCCCCCC1=C(c2ccc(F)cc2)CCCc2cc(O)ccc21)CCCC(F)(F)F. The lowest BCUT2D eigenvalue weighted by atomic mass is 9.89. The van der Waals surface area contributed by atoms with Crippen LogP contribution in [0.15, 0.2) is 42.5 Å². The highest BCUT2D eigenvalue weighted by atomic mass is 32.2. The van der Waals surface area contributed by atoms with Gasteiger partial charge in [-0.05, 0) is 116 Å². The Kier molecular flexibility index (Phi) is 12.1. The van der Waals surface area contributed by atoms with Crippen LogP contribution in [0.5, 0.6) is 5.75 Å². The number of hydrogen-bond donors (Lipinski definition) is 1. The molecule has 45 heavy (non-hydrogen) atoms. The molecule has 4 nitrogen and oxygen atoms in total. The van der Waals surface area contributed by atoms with Crippen molar-refractivity contribution in [2.24, 2.45) is 0 Å². The topological polar surface area (TPSA) is 57.6 Å². The van der Waals surface area contributed by atoms with E-state index in [1.165, 1.54) is 23.3 Å². The second-order valence-electron chi connectivity index (χ2n) is 12.5. The van der Waals surface area contributed by atoms with Crippen molar-refractivity contribution in [3.63, 3.8) is 0 Å². The predicted octanol–water partition coefficient (Wildman–Crippen LogP) is 8.98. The highest BCUT2D eigenvalue weighted by Crippen LogP contribution is 2.40. The summed E-state index contributed by atoms with van der Waals surface area (Å²) in [7, 11) is -3.66. The van der Waals surface area contributed by atoms with Crippen LogP contribution in [0.1, 0.15) is 93.7 Å². The van der Waals surface area contributed by atoms with Crippen LogP contribution in [-0.2, 0) is 16.3 Å². The van der Waals surface area contributed by atoms with E-state index in [1.807, 2.05) is 24.3 Å². The van der Waals surface area contributed by atoms with E-state index in [2.05, 4.69) is 0 Å². The minimum Gasteiger partial charge on any atom is -0.508 e. The molecule has 2 aromatic carbocycles. The molecule has 0 amide bonds. The van der Waals surface area contributed by atoms with Gasteiger partial charge in [0.25, 0.3) is 5.92 Å². The summed E-state index contributed by atoms with van der Waals surface area (Å²) in [6.07, 6.45) is 0.757. The van der Waals surface area contributed by atoms with Crippen LogP contribution in [-0.4, -0.2) is 61.2 Å². The van der Waals surface area contributed by atoms with Crippen molar-refractivity contribution in [1.82, 2.24) is 4.90 Å². The number of hydrogen-bond acceptors (Lipinski definition) is 4. The molecule has 0 spiro atoms. The number of alkyl halides is 5. The van der Waals surface area contributed by atoms with Crippen molar-refractivity contribution in [2.45, 2.75) is 102 Å².